The average molecular weight is 236 g/mol. The van der Waals surface area contributed by atoms with E-state index < -0.39 is 13.8 Å². The second-order valence-electron chi connectivity index (χ2n) is 3.66. The van der Waals surface area contributed by atoms with Crippen LogP contribution in [0.2, 0.25) is 0 Å². The van der Waals surface area contributed by atoms with Gasteiger partial charge in [0.15, 0.2) is 0 Å². The molecule has 0 amide bonds. The summed E-state index contributed by atoms with van der Waals surface area (Å²) in [6, 6.07) is 0. The summed E-state index contributed by atoms with van der Waals surface area (Å²) in [6.45, 7) is 0. The number of halogens is 1. The van der Waals surface area contributed by atoms with Crippen molar-refractivity contribution < 1.29 is 8.42 Å². The van der Waals surface area contributed by atoms with Crippen LogP contribution in [-0.2, 0) is 22.5 Å². The Balaban J connectivity index is 2.25. The van der Waals surface area contributed by atoms with Crippen LogP contribution in [0.4, 0.5) is 0 Å². The van der Waals surface area contributed by atoms with E-state index in [4.69, 9.17) is 10.7 Å². The monoisotopic (exact) mass is 235 g/mol. The van der Waals surface area contributed by atoms with Gasteiger partial charge in [-0.2, -0.15) is 0 Å². The molecule has 7 heteroatoms. The summed E-state index contributed by atoms with van der Waals surface area (Å²) in [7, 11) is 3.66. The summed E-state index contributed by atoms with van der Waals surface area (Å²) in [5, 5.41) is 7.54. The van der Waals surface area contributed by atoms with Gasteiger partial charge in [0.05, 0.1) is 4.75 Å². The van der Waals surface area contributed by atoms with Crippen LogP contribution < -0.4 is 0 Å². The van der Waals surface area contributed by atoms with Gasteiger partial charge in [-0.1, -0.05) is 0 Å². The molecule has 1 aliphatic carbocycles. The van der Waals surface area contributed by atoms with Crippen molar-refractivity contribution in [2.75, 3.05) is 0 Å². The number of aryl methyl sites for hydroxylation is 1. The van der Waals surface area contributed by atoms with Crippen LogP contribution in [-0.4, -0.2) is 27.9 Å². The van der Waals surface area contributed by atoms with Crippen LogP contribution >= 0.6 is 10.7 Å². The Morgan fingerprint density at radius 1 is 1.64 bits per heavy atom. The summed E-state index contributed by atoms with van der Waals surface area (Å²) in [4.78, 5) is 0. The zero-order chi connectivity index (χ0) is 10.4. The topological polar surface area (TPSA) is 64.8 Å². The molecule has 0 bridgehead atoms. The Hall–Kier alpha value is -0.620. The lowest BCUT2D eigenvalue weighted by molar-refractivity contribution is 0.585. The molecule has 0 radical (unpaired) electrons. The molecule has 0 atom stereocenters. The van der Waals surface area contributed by atoms with Crippen LogP contribution in [0.15, 0.2) is 6.33 Å². The first kappa shape index (κ1) is 9.92. The molecule has 5 nitrogen and oxygen atoms in total. The lowest BCUT2D eigenvalue weighted by Crippen LogP contribution is -2.22. The van der Waals surface area contributed by atoms with Gasteiger partial charge in [-0.15, -0.1) is 10.2 Å². The minimum atomic E-state index is -3.49. The zero-order valence-electron chi connectivity index (χ0n) is 7.64. The minimum Gasteiger partial charge on any atom is -0.321 e. The van der Waals surface area contributed by atoms with Gasteiger partial charge in [0.1, 0.15) is 12.2 Å². The quantitative estimate of drug-likeness (QED) is 0.714. The molecule has 78 valence electrons. The number of rotatable bonds is 3. The highest BCUT2D eigenvalue weighted by Crippen LogP contribution is 2.47. The lowest BCUT2D eigenvalue weighted by atomic mass is 10.3. The molecule has 1 fully saturated rings. The van der Waals surface area contributed by atoms with E-state index in [0.29, 0.717) is 25.1 Å². The van der Waals surface area contributed by atoms with E-state index in [-0.39, 0.29) is 0 Å². The molecule has 1 aliphatic rings. The lowest BCUT2D eigenvalue weighted by Gasteiger charge is -2.09. The Kier molecular flexibility index (Phi) is 2.08. The Labute approximate surface area is 86.5 Å². The average Bonchev–Trinajstić information content (AvgIpc) is 2.73. The number of hydrogen-bond acceptors (Lipinski definition) is 4. The fraction of sp³-hybridized carbons (Fsp3) is 0.714. The Morgan fingerprint density at radius 3 is 2.64 bits per heavy atom. The molecule has 1 aromatic heterocycles. The first-order valence-electron chi connectivity index (χ1n) is 4.22. The molecular weight excluding hydrogens is 226 g/mol. The Morgan fingerprint density at radius 2 is 2.29 bits per heavy atom. The fourth-order valence-corrected chi connectivity index (χ4v) is 2.92. The van der Waals surface area contributed by atoms with Crippen molar-refractivity contribution in [3.63, 3.8) is 0 Å². The highest BCUT2D eigenvalue weighted by molar-refractivity contribution is 8.15. The third-order valence-corrected chi connectivity index (χ3v) is 5.18. The normalized spacial score (nSPS) is 19.6. The molecule has 1 saturated carbocycles. The number of nitrogens with zero attached hydrogens (tertiary/aromatic N) is 3. The van der Waals surface area contributed by atoms with E-state index in [1.54, 1.807) is 17.9 Å². The molecule has 1 aromatic rings. The zero-order valence-corrected chi connectivity index (χ0v) is 9.22. The first-order valence-corrected chi connectivity index (χ1v) is 6.53. The van der Waals surface area contributed by atoms with Gasteiger partial charge in [0.25, 0.3) is 0 Å². The van der Waals surface area contributed by atoms with Gasteiger partial charge in [-0.05, 0) is 12.8 Å². The predicted molar refractivity (Wildman–Crippen MR) is 51.4 cm³/mol. The molecule has 2 rings (SSSR count). The van der Waals surface area contributed by atoms with Crippen LogP contribution in [0.25, 0.3) is 0 Å². The second kappa shape index (κ2) is 2.93. The van der Waals surface area contributed by atoms with Crippen molar-refractivity contribution in [1.29, 1.82) is 0 Å². The van der Waals surface area contributed by atoms with Crippen LogP contribution in [0.3, 0.4) is 0 Å². The molecule has 0 unspecified atom stereocenters. The minimum absolute atomic E-state index is 0.356. The van der Waals surface area contributed by atoms with E-state index in [9.17, 15) is 8.42 Å². The molecule has 14 heavy (non-hydrogen) atoms. The van der Waals surface area contributed by atoms with E-state index in [0.717, 1.165) is 0 Å². The molecular formula is C7H10ClN3O2S. The molecule has 0 aromatic carbocycles. The van der Waals surface area contributed by atoms with E-state index >= 15 is 0 Å². The van der Waals surface area contributed by atoms with E-state index in [1.807, 2.05) is 0 Å². The van der Waals surface area contributed by atoms with E-state index in [2.05, 4.69) is 10.2 Å². The van der Waals surface area contributed by atoms with Crippen LogP contribution in [0, 0.1) is 0 Å². The van der Waals surface area contributed by atoms with Crippen molar-refractivity contribution in [2.45, 2.75) is 24.0 Å². The van der Waals surface area contributed by atoms with Gasteiger partial charge in [-0.3, -0.25) is 0 Å². The van der Waals surface area contributed by atoms with Gasteiger partial charge >= 0.3 is 0 Å². The smallest absolute Gasteiger partial charge is 0.238 e. The molecule has 0 aliphatic heterocycles. The third-order valence-electron chi connectivity index (χ3n) is 2.61. The van der Waals surface area contributed by atoms with E-state index in [1.165, 1.54) is 0 Å². The summed E-state index contributed by atoms with van der Waals surface area (Å²) < 4.78 is 23.5. The maximum absolute atomic E-state index is 11.3. The van der Waals surface area contributed by atoms with Gasteiger partial charge in [0.2, 0.25) is 9.05 Å². The third kappa shape index (κ3) is 1.52. The van der Waals surface area contributed by atoms with Crippen LogP contribution in [0.1, 0.15) is 18.7 Å². The second-order valence-corrected chi connectivity index (χ2v) is 6.62. The largest absolute Gasteiger partial charge is 0.321 e. The molecule has 1 heterocycles. The number of aromatic nitrogens is 3. The summed E-state index contributed by atoms with van der Waals surface area (Å²) in [5.74, 6) is 0.659. The SMILES string of the molecule is Cn1cnnc1CC1(S(=O)(=O)Cl)CC1. The Bertz CT molecular complexity index is 449. The fourth-order valence-electron chi connectivity index (χ4n) is 1.40. The highest BCUT2D eigenvalue weighted by atomic mass is 35.7. The standard InChI is InChI=1S/C7H10ClN3O2S/c1-11-5-9-10-6(11)4-7(2-3-7)14(8,12)13/h5H,2-4H2,1H3. The van der Waals surface area contributed by atoms with Gasteiger partial charge in [-0.25, -0.2) is 8.42 Å². The first-order chi connectivity index (χ1) is 6.45. The maximum Gasteiger partial charge on any atom is 0.238 e. The summed E-state index contributed by atoms with van der Waals surface area (Å²) in [6.07, 6.45) is 3.14. The van der Waals surface area contributed by atoms with Gasteiger partial charge in [0, 0.05) is 24.2 Å². The van der Waals surface area contributed by atoms with Crippen molar-refractivity contribution in [3.8, 4) is 0 Å². The van der Waals surface area contributed by atoms with Crippen LogP contribution in [0.5, 0.6) is 0 Å². The molecule has 0 N–H and O–H groups in total. The van der Waals surface area contributed by atoms with Crippen molar-refractivity contribution >= 4 is 19.7 Å². The molecule has 0 saturated heterocycles. The van der Waals surface area contributed by atoms with Crippen molar-refractivity contribution in [2.24, 2.45) is 7.05 Å². The highest BCUT2D eigenvalue weighted by Gasteiger charge is 2.54. The predicted octanol–water partition coefficient (Wildman–Crippen LogP) is 0.459. The summed E-state index contributed by atoms with van der Waals surface area (Å²) >= 11 is 0. The van der Waals surface area contributed by atoms with Crippen molar-refractivity contribution in [3.05, 3.63) is 12.2 Å². The van der Waals surface area contributed by atoms with Gasteiger partial charge < -0.3 is 4.57 Å². The number of hydrogen-bond donors (Lipinski definition) is 0. The summed E-state index contributed by atoms with van der Waals surface area (Å²) in [5.41, 5.74) is 0. The molecule has 0 spiro atoms. The maximum atomic E-state index is 11.3. The van der Waals surface area contributed by atoms with Crippen molar-refractivity contribution in [1.82, 2.24) is 14.8 Å².